The first kappa shape index (κ1) is 17.0. The van der Waals surface area contributed by atoms with E-state index >= 15 is 0 Å². The van der Waals surface area contributed by atoms with E-state index in [-0.39, 0.29) is 24.9 Å². The second-order valence-corrected chi connectivity index (χ2v) is 5.12. The highest BCUT2D eigenvalue weighted by Crippen LogP contribution is 2.17. The van der Waals surface area contributed by atoms with Crippen LogP contribution in [0.5, 0.6) is 0 Å². The van der Waals surface area contributed by atoms with Gasteiger partial charge in [0.1, 0.15) is 0 Å². The largest absolute Gasteiger partial charge is 0.396 e. The van der Waals surface area contributed by atoms with Crippen molar-refractivity contribution in [3.05, 3.63) is 29.8 Å². The maximum atomic E-state index is 11.9. The molecule has 0 aromatic heterocycles. The van der Waals surface area contributed by atoms with Crippen LogP contribution in [0.15, 0.2) is 24.3 Å². The van der Waals surface area contributed by atoms with Gasteiger partial charge in [0.05, 0.1) is 0 Å². The lowest BCUT2D eigenvalue weighted by atomic mass is 9.94. The number of aliphatic hydroxyl groups excluding tert-OH is 1. The second kappa shape index (κ2) is 8.95. The number of anilines is 1. The number of nitrogens with one attached hydrogen (secondary N) is 2. The molecule has 1 aliphatic heterocycles. The van der Waals surface area contributed by atoms with Gasteiger partial charge >= 0.3 is 0 Å². The van der Waals surface area contributed by atoms with Crippen molar-refractivity contribution >= 4 is 24.0 Å². The van der Waals surface area contributed by atoms with Crippen molar-refractivity contribution in [2.24, 2.45) is 5.92 Å². The van der Waals surface area contributed by atoms with Gasteiger partial charge in [-0.1, -0.05) is 12.1 Å². The molecule has 0 unspecified atom stereocenters. The van der Waals surface area contributed by atoms with Gasteiger partial charge in [0.2, 0.25) is 5.91 Å². The van der Waals surface area contributed by atoms with Crippen LogP contribution in [-0.2, 0) is 11.2 Å². The fourth-order valence-electron chi connectivity index (χ4n) is 2.44. The van der Waals surface area contributed by atoms with Crippen molar-refractivity contribution in [1.82, 2.24) is 5.32 Å². The van der Waals surface area contributed by atoms with Crippen molar-refractivity contribution in [3.8, 4) is 0 Å². The number of piperidine rings is 1. The molecule has 112 valence electrons. The molecule has 3 N–H and O–H groups in total. The standard InChI is InChI=1S/C15H22N2O2.ClH/c18-10-7-12-1-3-14(4-2-12)17-15(19)11-13-5-8-16-9-6-13;/h1-4,13,16,18H,5-11H2,(H,17,19);1H. The molecule has 1 aliphatic rings. The van der Waals surface area contributed by atoms with Gasteiger partial charge in [-0.2, -0.15) is 0 Å². The summed E-state index contributed by atoms with van der Waals surface area (Å²) in [6.45, 7) is 2.20. The minimum Gasteiger partial charge on any atom is -0.396 e. The fourth-order valence-corrected chi connectivity index (χ4v) is 2.44. The molecule has 1 aromatic rings. The van der Waals surface area contributed by atoms with Crippen LogP contribution in [0, 0.1) is 5.92 Å². The summed E-state index contributed by atoms with van der Waals surface area (Å²) in [4.78, 5) is 11.9. The maximum Gasteiger partial charge on any atom is 0.224 e. The van der Waals surface area contributed by atoms with E-state index in [4.69, 9.17) is 5.11 Å². The summed E-state index contributed by atoms with van der Waals surface area (Å²) >= 11 is 0. The summed E-state index contributed by atoms with van der Waals surface area (Å²) in [5.41, 5.74) is 1.92. The number of aliphatic hydroxyl groups is 1. The number of hydrogen-bond acceptors (Lipinski definition) is 3. The van der Waals surface area contributed by atoms with E-state index in [0.29, 0.717) is 18.8 Å². The van der Waals surface area contributed by atoms with Gasteiger partial charge in [0.15, 0.2) is 0 Å². The molecule has 0 bridgehead atoms. The average Bonchev–Trinajstić information content (AvgIpc) is 2.42. The van der Waals surface area contributed by atoms with Crippen molar-refractivity contribution in [3.63, 3.8) is 0 Å². The van der Waals surface area contributed by atoms with E-state index in [1.165, 1.54) is 0 Å². The van der Waals surface area contributed by atoms with Gasteiger partial charge in [-0.25, -0.2) is 0 Å². The number of amides is 1. The smallest absolute Gasteiger partial charge is 0.224 e. The summed E-state index contributed by atoms with van der Waals surface area (Å²) in [5.74, 6) is 0.608. The third kappa shape index (κ3) is 5.49. The van der Waals surface area contributed by atoms with Crippen molar-refractivity contribution in [2.75, 3.05) is 25.0 Å². The highest BCUT2D eigenvalue weighted by molar-refractivity contribution is 5.90. The first-order chi connectivity index (χ1) is 9.28. The highest BCUT2D eigenvalue weighted by Gasteiger charge is 2.16. The molecule has 1 fully saturated rings. The fraction of sp³-hybridized carbons (Fsp3) is 0.533. The molecule has 0 radical (unpaired) electrons. The number of benzene rings is 1. The zero-order valence-electron chi connectivity index (χ0n) is 11.6. The first-order valence-corrected chi connectivity index (χ1v) is 6.98. The number of carbonyl (C=O) groups excluding carboxylic acids is 1. The van der Waals surface area contributed by atoms with Gasteiger partial charge in [-0.05, 0) is 56.0 Å². The van der Waals surface area contributed by atoms with Crippen LogP contribution >= 0.6 is 12.4 Å². The zero-order chi connectivity index (χ0) is 13.5. The van der Waals surface area contributed by atoms with Crippen LogP contribution in [0.25, 0.3) is 0 Å². The minimum absolute atomic E-state index is 0. The van der Waals surface area contributed by atoms with Crippen LogP contribution < -0.4 is 10.6 Å². The molecule has 0 saturated carbocycles. The summed E-state index contributed by atoms with van der Waals surface area (Å²) in [6, 6.07) is 7.67. The normalized spacial score (nSPS) is 15.4. The van der Waals surface area contributed by atoms with E-state index in [2.05, 4.69) is 10.6 Å². The van der Waals surface area contributed by atoms with E-state index in [1.54, 1.807) is 0 Å². The number of carbonyl (C=O) groups is 1. The lowest BCUT2D eigenvalue weighted by Gasteiger charge is -2.21. The van der Waals surface area contributed by atoms with Crippen molar-refractivity contribution in [1.29, 1.82) is 0 Å². The Kier molecular flexibility index (Phi) is 7.59. The predicted molar refractivity (Wildman–Crippen MR) is 83.3 cm³/mol. The Hall–Kier alpha value is -1.10. The van der Waals surface area contributed by atoms with Crippen LogP contribution in [0.4, 0.5) is 5.69 Å². The lowest BCUT2D eigenvalue weighted by molar-refractivity contribution is -0.117. The van der Waals surface area contributed by atoms with Crippen LogP contribution in [0.1, 0.15) is 24.8 Å². The van der Waals surface area contributed by atoms with E-state index in [1.807, 2.05) is 24.3 Å². The third-order valence-corrected chi connectivity index (χ3v) is 3.57. The zero-order valence-corrected chi connectivity index (χ0v) is 12.4. The Bertz CT molecular complexity index is 403. The lowest BCUT2D eigenvalue weighted by Crippen LogP contribution is -2.30. The Morgan fingerprint density at radius 1 is 1.25 bits per heavy atom. The Morgan fingerprint density at radius 3 is 2.50 bits per heavy atom. The molecule has 0 atom stereocenters. The van der Waals surface area contributed by atoms with E-state index in [9.17, 15) is 4.79 Å². The molecule has 1 aromatic carbocycles. The summed E-state index contributed by atoms with van der Waals surface area (Å²) in [7, 11) is 0. The molecule has 0 spiro atoms. The molecular formula is C15H23ClN2O2. The highest BCUT2D eigenvalue weighted by atomic mass is 35.5. The van der Waals surface area contributed by atoms with Gasteiger partial charge in [0.25, 0.3) is 0 Å². The number of rotatable bonds is 5. The average molecular weight is 299 g/mol. The van der Waals surface area contributed by atoms with Crippen LogP contribution in [0.2, 0.25) is 0 Å². The maximum absolute atomic E-state index is 11.9. The molecule has 1 amide bonds. The minimum atomic E-state index is 0. The monoisotopic (exact) mass is 298 g/mol. The summed E-state index contributed by atoms with van der Waals surface area (Å²) in [5, 5.41) is 15.1. The number of hydrogen-bond donors (Lipinski definition) is 3. The molecular weight excluding hydrogens is 276 g/mol. The predicted octanol–water partition coefficient (Wildman–Crippen LogP) is 1.97. The Morgan fingerprint density at radius 2 is 1.90 bits per heavy atom. The second-order valence-electron chi connectivity index (χ2n) is 5.12. The SMILES string of the molecule is Cl.O=C(CC1CCNCC1)Nc1ccc(CCO)cc1. The van der Waals surface area contributed by atoms with E-state index in [0.717, 1.165) is 37.2 Å². The Labute approximate surface area is 126 Å². The van der Waals surface area contributed by atoms with Crippen LogP contribution in [-0.4, -0.2) is 30.7 Å². The third-order valence-electron chi connectivity index (χ3n) is 3.57. The van der Waals surface area contributed by atoms with Gasteiger partial charge in [-0.3, -0.25) is 4.79 Å². The quantitative estimate of drug-likeness (QED) is 0.779. The molecule has 2 rings (SSSR count). The van der Waals surface area contributed by atoms with Gasteiger partial charge in [0, 0.05) is 18.7 Å². The molecule has 1 saturated heterocycles. The molecule has 20 heavy (non-hydrogen) atoms. The first-order valence-electron chi connectivity index (χ1n) is 6.98. The molecule has 4 nitrogen and oxygen atoms in total. The van der Waals surface area contributed by atoms with Crippen LogP contribution in [0.3, 0.4) is 0 Å². The Balaban J connectivity index is 0.00000200. The molecule has 1 heterocycles. The van der Waals surface area contributed by atoms with E-state index < -0.39 is 0 Å². The van der Waals surface area contributed by atoms with Gasteiger partial charge in [-0.15, -0.1) is 12.4 Å². The summed E-state index contributed by atoms with van der Waals surface area (Å²) < 4.78 is 0. The number of halogens is 1. The molecule has 0 aliphatic carbocycles. The van der Waals surface area contributed by atoms with Crippen molar-refractivity contribution in [2.45, 2.75) is 25.7 Å². The van der Waals surface area contributed by atoms with Gasteiger partial charge < -0.3 is 15.7 Å². The summed E-state index contributed by atoms with van der Waals surface area (Å²) in [6.07, 6.45) is 3.44. The molecule has 5 heteroatoms. The topological polar surface area (TPSA) is 61.4 Å². The van der Waals surface area contributed by atoms with Crippen molar-refractivity contribution < 1.29 is 9.90 Å².